The predicted octanol–water partition coefficient (Wildman–Crippen LogP) is 2.05. The quantitative estimate of drug-likeness (QED) is 0.868. The lowest BCUT2D eigenvalue weighted by atomic mass is 9.83. The second-order valence-electron chi connectivity index (χ2n) is 5.89. The van der Waals surface area contributed by atoms with Crippen LogP contribution >= 0.6 is 0 Å². The Morgan fingerprint density at radius 2 is 2.21 bits per heavy atom. The van der Waals surface area contributed by atoms with Crippen molar-refractivity contribution in [2.45, 2.75) is 38.1 Å². The SMILES string of the molecule is CCC1(C(=O)NC2CC2c2ccccc2)CCNC1. The number of benzene rings is 1. The summed E-state index contributed by atoms with van der Waals surface area (Å²) in [7, 11) is 0. The minimum atomic E-state index is -0.163. The lowest BCUT2D eigenvalue weighted by Gasteiger charge is -2.25. The van der Waals surface area contributed by atoms with E-state index in [2.05, 4.69) is 41.8 Å². The van der Waals surface area contributed by atoms with Gasteiger partial charge in [-0.25, -0.2) is 0 Å². The van der Waals surface area contributed by atoms with Crippen LogP contribution in [0.25, 0.3) is 0 Å². The van der Waals surface area contributed by atoms with Crippen LogP contribution in [0.4, 0.5) is 0 Å². The zero-order valence-corrected chi connectivity index (χ0v) is 11.5. The van der Waals surface area contributed by atoms with Crippen molar-refractivity contribution in [3.05, 3.63) is 35.9 Å². The first-order valence-corrected chi connectivity index (χ1v) is 7.32. The standard InChI is InChI=1S/C16H22N2O/c1-2-16(8-9-17-11-16)15(19)18-14-10-13(14)12-6-4-3-5-7-12/h3-7,13-14,17H,2,8-11H2,1H3,(H,18,19). The highest BCUT2D eigenvalue weighted by molar-refractivity contribution is 5.84. The van der Waals surface area contributed by atoms with Gasteiger partial charge in [-0.15, -0.1) is 0 Å². The number of amides is 1. The van der Waals surface area contributed by atoms with Gasteiger partial charge in [-0.1, -0.05) is 37.3 Å². The lowest BCUT2D eigenvalue weighted by molar-refractivity contribution is -0.130. The monoisotopic (exact) mass is 258 g/mol. The normalized spacial score (nSPS) is 33.1. The number of rotatable bonds is 4. The predicted molar refractivity (Wildman–Crippen MR) is 75.9 cm³/mol. The lowest BCUT2D eigenvalue weighted by Crippen LogP contribution is -2.43. The molecule has 19 heavy (non-hydrogen) atoms. The summed E-state index contributed by atoms with van der Waals surface area (Å²) in [6.07, 6.45) is 2.98. The van der Waals surface area contributed by atoms with E-state index in [0.29, 0.717) is 12.0 Å². The van der Waals surface area contributed by atoms with Gasteiger partial charge in [0, 0.05) is 18.5 Å². The summed E-state index contributed by atoms with van der Waals surface area (Å²) in [6.45, 7) is 3.92. The van der Waals surface area contributed by atoms with Crippen LogP contribution in [0.1, 0.15) is 37.7 Å². The Bertz CT molecular complexity index is 451. The van der Waals surface area contributed by atoms with Gasteiger partial charge >= 0.3 is 0 Å². The molecule has 2 N–H and O–H groups in total. The van der Waals surface area contributed by atoms with E-state index in [-0.39, 0.29) is 11.3 Å². The zero-order valence-electron chi connectivity index (χ0n) is 11.5. The maximum atomic E-state index is 12.5. The van der Waals surface area contributed by atoms with Crippen molar-refractivity contribution in [1.82, 2.24) is 10.6 Å². The molecule has 0 spiro atoms. The van der Waals surface area contributed by atoms with E-state index >= 15 is 0 Å². The summed E-state index contributed by atoms with van der Waals surface area (Å²) in [4.78, 5) is 12.5. The van der Waals surface area contributed by atoms with Gasteiger partial charge in [0.2, 0.25) is 5.91 Å². The number of hydrogen-bond acceptors (Lipinski definition) is 2. The summed E-state index contributed by atoms with van der Waals surface area (Å²) < 4.78 is 0. The maximum Gasteiger partial charge on any atom is 0.227 e. The number of carbonyl (C=O) groups is 1. The Kier molecular flexibility index (Phi) is 3.31. The molecule has 1 aliphatic heterocycles. The number of nitrogens with one attached hydrogen (secondary N) is 2. The van der Waals surface area contributed by atoms with Gasteiger partial charge in [-0.3, -0.25) is 4.79 Å². The first kappa shape index (κ1) is 12.7. The van der Waals surface area contributed by atoms with Crippen LogP contribution in [-0.4, -0.2) is 25.0 Å². The topological polar surface area (TPSA) is 41.1 Å². The van der Waals surface area contributed by atoms with E-state index < -0.39 is 0 Å². The molecule has 0 bridgehead atoms. The molecule has 1 saturated carbocycles. The molecule has 3 atom stereocenters. The Morgan fingerprint density at radius 1 is 1.42 bits per heavy atom. The highest BCUT2D eigenvalue weighted by atomic mass is 16.2. The minimum Gasteiger partial charge on any atom is -0.352 e. The molecule has 102 valence electrons. The van der Waals surface area contributed by atoms with Crippen LogP contribution in [0.2, 0.25) is 0 Å². The molecule has 0 aromatic heterocycles. The maximum absolute atomic E-state index is 12.5. The van der Waals surface area contributed by atoms with Gasteiger partial charge in [-0.05, 0) is 31.4 Å². The molecule has 3 unspecified atom stereocenters. The molecule has 1 aromatic rings. The molecular weight excluding hydrogens is 236 g/mol. The summed E-state index contributed by atoms with van der Waals surface area (Å²) in [5, 5.41) is 6.58. The molecule has 3 rings (SSSR count). The van der Waals surface area contributed by atoms with Crippen molar-refractivity contribution >= 4 is 5.91 Å². The molecular formula is C16H22N2O. The zero-order chi connectivity index (χ0) is 13.3. The van der Waals surface area contributed by atoms with Gasteiger partial charge in [0.25, 0.3) is 0 Å². The molecule has 1 aliphatic carbocycles. The molecule has 2 aliphatic rings. The first-order valence-electron chi connectivity index (χ1n) is 7.32. The Hall–Kier alpha value is -1.35. The molecule has 3 nitrogen and oxygen atoms in total. The van der Waals surface area contributed by atoms with E-state index in [4.69, 9.17) is 0 Å². The smallest absolute Gasteiger partial charge is 0.227 e. The Labute approximate surface area is 114 Å². The first-order chi connectivity index (χ1) is 9.25. The van der Waals surface area contributed by atoms with Crippen LogP contribution in [0, 0.1) is 5.41 Å². The minimum absolute atomic E-state index is 0.163. The Morgan fingerprint density at radius 3 is 2.84 bits per heavy atom. The summed E-state index contributed by atoms with van der Waals surface area (Å²) in [5.41, 5.74) is 1.19. The van der Waals surface area contributed by atoms with E-state index in [1.807, 2.05) is 6.07 Å². The molecule has 1 amide bonds. The van der Waals surface area contributed by atoms with Crippen LogP contribution in [0.15, 0.2) is 30.3 Å². The highest BCUT2D eigenvalue weighted by Crippen LogP contribution is 2.41. The fourth-order valence-corrected chi connectivity index (χ4v) is 3.14. The second-order valence-corrected chi connectivity index (χ2v) is 5.89. The summed E-state index contributed by atoms with van der Waals surface area (Å²) in [5.74, 6) is 0.775. The van der Waals surface area contributed by atoms with Crippen molar-refractivity contribution < 1.29 is 4.79 Å². The fourth-order valence-electron chi connectivity index (χ4n) is 3.14. The number of hydrogen-bond donors (Lipinski definition) is 2. The van der Waals surface area contributed by atoms with Gasteiger partial charge in [-0.2, -0.15) is 0 Å². The van der Waals surface area contributed by atoms with Crippen molar-refractivity contribution in [3.8, 4) is 0 Å². The summed E-state index contributed by atoms with van der Waals surface area (Å²) >= 11 is 0. The van der Waals surface area contributed by atoms with Crippen molar-refractivity contribution in [1.29, 1.82) is 0 Å². The second kappa shape index (κ2) is 4.97. The highest BCUT2D eigenvalue weighted by Gasteiger charge is 2.45. The van der Waals surface area contributed by atoms with Gasteiger partial charge < -0.3 is 10.6 Å². The van der Waals surface area contributed by atoms with E-state index in [0.717, 1.165) is 32.4 Å². The van der Waals surface area contributed by atoms with Crippen LogP contribution in [0.3, 0.4) is 0 Å². The summed E-state index contributed by atoms with van der Waals surface area (Å²) in [6, 6.07) is 10.8. The number of carbonyl (C=O) groups excluding carboxylic acids is 1. The molecule has 0 radical (unpaired) electrons. The van der Waals surface area contributed by atoms with E-state index in [9.17, 15) is 4.79 Å². The van der Waals surface area contributed by atoms with Gasteiger partial charge in [0.1, 0.15) is 0 Å². The Balaban J connectivity index is 1.60. The third kappa shape index (κ3) is 2.39. The van der Waals surface area contributed by atoms with Crippen LogP contribution < -0.4 is 10.6 Å². The van der Waals surface area contributed by atoms with Crippen molar-refractivity contribution in [2.75, 3.05) is 13.1 Å². The van der Waals surface area contributed by atoms with Crippen molar-refractivity contribution in [3.63, 3.8) is 0 Å². The van der Waals surface area contributed by atoms with Crippen LogP contribution in [-0.2, 0) is 4.79 Å². The molecule has 2 fully saturated rings. The van der Waals surface area contributed by atoms with Gasteiger partial charge in [0.05, 0.1) is 5.41 Å². The molecule has 1 heterocycles. The average molecular weight is 258 g/mol. The van der Waals surface area contributed by atoms with Crippen LogP contribution in [0.5, 0.6) is 0 Å². The largest absolute Gasteiger partial charge is 0.352 e. The van der Waals surface area contributed by atoms with Gasteiger partial charge in [0.15, 0.2) is 0 Å². The van der Waals surface area contributed by atoms with E-state index in [1.165, 1.54) is 5.56 Å². The fraction of sp³-hybridized carbons (Fsp3) is 0.562. The molecule has 1 saturated heterocycles. The third-order valence-corrected chi connectivity index (χ3v) is 4.74. The average Bonchev–Trinajstić information content (AvgIpc) is 3.04. The molecule has 3 heteroatoms. The van der Waals surface area contributed by atoms with Crippen molar-refractivity contribution in [2.24, 2.45) is 5.41 Å². The third-order valence-electron chi connectivity index (χ3n) is 4.74. The molecule has 1 aromatic carbocycles. The van der Waals surface area contributed by atoms with E-state index in [1.54, 1.807) is 0 Å².